The van der Waals surface area contributed by atoms with Gasteiger partial charge in [-0.25, -0.2) is 0 Å². The first-order valence-electron chi connectivity index (χ1n) is 6.69. The lowest BCUT2D eigenvalue weighted by atomic mass is 10.1. The van der Waals surface area contributed by atoms with Gasteiger partial charge in [0.1, 0.15) is 0 Å². The number of hydrogen-bond acceptors (Lipinski definition) is 3. The van der Waals surface area contributed by atoms with Crippen molar-refractivity contribution in [3.63, 3.8) is 0 Å². The van der Waals surface area contributed by atoms with Crippen LogP contribution in [0.2, 0.25) is 0 Å². The van der Waals surface area contributed by atoms with E-state index in [-0.39, 0.29) is 18.4 Å². The lowest BCUT2D eigenvalue weighted by Crippen LogP contribution is -2.30. The Bertz CT molecular complexity index is 461. The van der Waals surface area contributed by atoms with Crippen molar-refractivity contribution < 1.29 is 9.90 Å². The number of likely N-dealkylation sites (tertiary alicyclic amines) is 1. The summed E-state index contributed by atoms with van der Waals surface area (Å²) >= 11 is 1.61. The van der Waals surface area contributed by atoms with E-state index in [0.29, 0.717) is 12.3 Å². The van der Waals surface area contributed by atoms with Gasteiger partial charge in [0, 0.05) is 30.5 Å². The number of carbonyl (C=O) groups is 1. The third-order valence-corrected chi connectivity index (χ3v) is 4.73. The topological polar surface area (TPSA) is 40.5 Å². The molecule has 1 aliphatic rings. The molecule has 0 radical (unpaired) electrons. The normalized spacial score (nSPS) is 18.9. The van der Waals surface area contributed by atoms with Crippen LogP contribution < -0.4 is 0 Å². The Balaban J connectivity index is 1.88. The molecule has 1 saturated heterocycles. The van der Waals surface area contributed by atoms with Gasteiger partial charge < -0.3 is 10.0 Å². The van der Waals surface area contributed by atoms with Crippen LogP contribution in [0.25, 0.3) is 0 Å². The summed E-state index contributed by atoms with van der Waals surface area (Å²) in [6, 6.07) is 6.32. The summed E-state index contributed by atoms with van der Waals surface area (Å²) in [5.41, 5.74) is 2.44. The van der Waals surface area contributed by atoms with Gasteiger partial charge in [-0.15, -0.1) is 11.8 Å². The highest BCUT2D eigenvalue weighted by atomic mass is 32.2. The number of benzene rings is 1. The van der Waals surface area contributed by atoms with Gasteiger partial charge in [-0.2, -0.15) is 0 Å². The Morgan fingerprint density at radius 3 is 2.95 bits per heavy atom. The Morgan fingerprint density at radius 1 is 1.47 bits per heavy atom. The minimum absolute atomic E-state index is 0.182. The third kappa shape index (κ3) is 3.74. The zero-order valence-corrected chi connectivity index (χ0v) is 12.4. The molecule has 19 heavy (non-hydrogen) atoms. The number of rotatable bonds is 4. The molecule has 1 fully saturated rings. The average molecular weight is 279 g/mol. The smallest absolute Gasteiger partial charge is 0.232 e. The first kappa shape index (κ1) is 14.4. The molecule has 1 unspecified atom stereocenters. The molecule has 1 heterocycles. The second-order valence-corrected chi connectivity index (χ2v) is 6.25. The fraction of sp³-hybridized carbons (Fsp3) is 0.533. The Morgan fingerprint density at radius 2 is 2.26 bits per heavy atom. The highest BCUT2D eigenvalue weighted by Crippen LogP contribution is 2.25. The molecule has 2 rings (SSSR count). The third-order valence-electron chi connectivity index (χ3n) is 3.59. The summed E-state index contributed by atoms with van der Waals surface area (Å²) in [5.74, 6) is 0.944. The number of aliphatic hydroxyl groups excluding tert-OH is 1. The summed E-state index contributed by atoms with van der Waals surface area (Å²) in [6.45, 7) is 5.83. The molecular formula is C15H21NO2S. The number of nitrogens with zero attached hydrogens (tertiary/aromatic N) is 1. The van der Waals surface area contributed by atoms with E-state index in [4.69, 9.17) is 5.11 Å². The minimum Gasteiger partial charge on any atom is -0.396 e. The Kier molecular flexibility index (Phi) is 4.88. The van der Waals surface area contributed by atoms with Crippen LogP contribution in [0.15, 0.2) is 23.1 Å². The lowest BCUT2D eigenvalue weighted by Gasteiger charge is -2.16. The van der Waals surface area contributed by atoms with E-state index in [2.05, 4.69) is 32.0 Å². The van der Waals surface area contributed by atoms with Gasteiger partial charge in [0.25, 0.3) is 0 Å². The minimum atomic E-state index is 0.182. The van der Waals surface area contributed by atoms with Gasteiger partial charge >= 0.3 is 0 Å². The van der Waals surface area contributed by atoms with Crippen LogP contribution >= 0.6 is 11.8 Å². The van der Waals surface area contributed by atoms with Gasteiger partial charge in [-0.05, 0) is 31.9 Å². The molecule has 1 atom stereocenters. The molecular weight excluding hydrogens is 258 g/mol. The maximum atomic E-state index is 12.1. The number of hydrogen-bond donors (Lipinski definition) is 1. The van der Waals surface area contributed by atoms with Gasteiger partial charge in [0.2, 0.25) is 5.91 Å². The molecule has 3 nitrogen and oxygen atoms in total. The molecule has 1 amide bonds. The number of carbonyl (C=O) groups excluding carboxylic acids is 1. The zero-order valence-electron chi connectivity index (χ0n) is 11.6. The SMILES string of the molecule is Cc1ccc(C)c(SCC(=O)N2CCC(CO)C2)c1. The summed E-state index contributed by atoms with van der Waals surface area (Å²) in [5, 5.41) is 9.10. The number of amides is 1. The fourth-order valence-electron chi connectivity index (χ4n) is 2.30. The molecule has 0 aliphatic carbocycles. The predicted molar refractivity (Wildman–Crippen MR) is 78.4 cm³/mol. The number of thioether (sulfide) groups is 1. The monoisotopic (exact) mass is 279 g/mol. The summed E-state index contributed by atoms with van der Waals surface area (Å²) in [7, 11) is 0. The molecule has 1 aromatic rings. The maximum Gasteiger partial charge on any atom is 0.232 e. The van der Waals surface area contributed by atoms with E-state index < -0.39 is 0 Å². The van der Waals surface area contributed by atoms with Crippen LogP contribution in [0.4, 0.5) is 0 Å². The predicted octanol–water partition coefficient (Wildman–Crippen LogP) is 2.24. The van der Waals surface area contributed by atoms with E-state index in [1.807, 2.05) is 4.90 Å². The van der Waals surface area contributed by atoms with Crippen molar-refractivity contribution >= 4 is 17.7 Å². The molecule has 1 aromatic carbocycles. The standard InChI is InChI=1S/C15H21NO2S/c1-11-3-4-12(2)14(7-11)19-10-15(18)16-6-5-13(8-16)9-17/h3-4,7,13,17H,5-6,8-10H2,1-2H3. The van der Waals surface area contributed by atoms with Crippen molar-refractivity contribution in [2.24, 2.45) is 5.92 Å². The van der Waals surface area contributed by atoms with Crippen LogP contribution in [-0.2, 0) is 4.79 Å². The van der Waals surface area contributed by atoms with E-state index >= 15 is 0 Å². The van der Waals surface area contributed by atoms with Crippen LogP contribution in [0, 0.1) is 19.8 Å². The zero-order chi connectivity index (χ0) is 13.8. The second kappa shape index (κ2) is 6.44. The largest absolute Gasteiger partial charge is 0.396 e. The van der Waals surface area contributed by atoms with Crippen molar-refractivity contribution in [2.45, 2.75) is 25.2 Å². The fourth-order valence-corrected chi connectivity index (χ4v) is 3.33. The van der Waals surface area contributed by atoms with Crippen molar-refractivity contribution in [2.75, 3.05) is 25.4 Å². The second-order valence-electron chi connectivity index (χ2n) is 5.23. The van der Waals surface area contributed by atoms with E-state index in [0.717, 1.165) is 13.0 Å². The number of aryl methyl sites for hydroxylation is 2. The average Bonchev–Trinajstić information content (AvgIpc) is 2.88. The molecule has 0 aromatic heterocycles. The molecule has 0 spiro atoms. The van der Waals surface area contributed by atoms with Crippen LogP contribution in [0.1, 0.15) is 17.5 Å². The van der Waals surface area contributed by atoms with Crippen molar-refractivity contribution in [1.82, 2.24) is 4.90 Å². The highest BCUT2D eigenvalue weighted by molar-refractivity contribution is 8.00. The van der Waals surface area contributed by atoms with Gasteiger partial charge in [0.15, 0.2) is 0 Å². The molecule has 104 valence electrons. The van der Waals surface area contributed by atoms with Gasteiger partial charge in [0.05, 0.1) is 5.75 Å². The molecule has 4 heteroatoms. The number of aliphatic hydroxyl groups is 1. The quantitative estimate of drug-likeness (QED) is 0.859. The molecule has 1 aliphatic heterocycles. The summed E-state index contributed by atoms with van der Waals surface area (Å²) in [4.78, 5) is 15.2. The van der Waals surface area contributed by atoms with Crippen molar-refractivity contribution in [1.29, 1.82) is 0 Å². The first-order valence-corrected chi connectivity index (χ1v) is 7.67. The van der Waals surface area contributed by atoms with Crippen LogP contribution in [0.3, 0.4) is 0 Å². The summed E-state index contributed by atoms with van der Waals surface area (Å²) in [6.07, 6.45) is 0.927. The van der Waals surface area contributed by atoms with Gasteiger partial charge in [-0.3, -0.25) is 4.79 Å². The van der Waals surface area contributed by atoms with Crippen LogP contribution in [0.5, 0.6) is 0 Å². The van der Waals surface area contributed by atoms with E-state index in [1.165, 1.54) is 16.0 Å². The van der Waals surface area contributed by atoms with E-state index in [9.17, 15) is 4.79 Å². The van der Waals surface area contributed by atoms with Gasteiger partial charge in [-0.1, -0.05) is 17.7 Å². The first-order chi connectivity index (χ1) is 9.10. The maximum absolute atomic E-state index is 12.1. The Hall–Kier alpha value is -1.00. The lowest BCUT2D eigenvalue weighted by molar-refractivity contribution is -0.127. The van der Waals surface area contributed by atoms with E-state index in [1.54, 1.807) is 11.8 Å². The highest BCUT2D eigenvalue weighted by Gasteiger charge is 2.25. The van der Waals surface area contributed by atoms with Crippen LogP contribution in [-0.4, -0.2) is 41.4 Å². The molecule has 1 N–H and O–H groups in total. The molecule has 0 saturated carbocycles. The molecule has 0 bridgehead atoms. The summed E-state index contributed by atoms with van der Waals surface area (Å²) < 4.78 is 0. The Labute approximate surface area is 119 Å². The van der Waals surface area contributed by atoms with Crippen molar-refractivity contribution in [3.8, 4) is 0 Å². The van der Waals surface area contributed by atoms with Crippen molar-refractivity contribution in [3.05, 3.63) is 29.3 Å².